The summed E-state index contributed by atoms with van der Waals surface area (Å²) in [7, 11) is 1.52. The number of carbonyl (C=O) groups is 3. The Labute approximate surface area is 180 Å². The van der Waals surface area contributed by atoms with Gasteiger partial charge >= 0.3 is 0 Å². The number of nitrogens with one attached hydrogen (secondary N) is 3. The van der Waals surface area contributed by atoms with E-state index >= 15 is 0 Å². The molecule has 1 atom stereocenters. The van der Waals surface area contributed by atoms with Crippen molar-refractivity contribution < 1.29 is 23.9 Å². The molecular formula is C22H24N4O5. The number of amides is 3. The summed E-state index contributed by atoms with van der Waals surface area (Å²) in [6, 6.07) is 14.0. The van der Waals surface area contributed by atoms with Crippen molar-refractivity contribution in [3.63, 3.8) is 0 Å². The Morgan fingerprint density at radius 2 is 1.71 bits per heavy atom. The summed E-state index contributed by atoms with van der Waals surface area (Å²) in [5.41, 5.74) is 5.19. The van der Waals surface area contributed by atoms with E-state index in [4.69, 9.17) is 14.7 Å². The lowest BCUT2D eigenvalue weighted by Gasteiger charge is -2.22. The molecule has 2 rings (SSSR count). The Balaban J connectivity index is 1.89. The van der Waals surface area contributed by atoms with Crippen molar-refractivity contribution in [2.75, 3.05) is 13.7 Å². The van der Waals surface area contributed by atoms with Gasteiger partial charge in [0.05, 0.1) is 12.7 Å². The highest BCUT2D eigenvalue weighted by Crippen LogP contribution is 2.16. The van der Waals surface area contributed by atoms with Gasteiger partial charge in [-0.25, -0.2) is 0 Å². The molecule has 0 saturated carbocycles. The van der Waals surface area contributed by atoms with Crippen LogP contribution in [0.25, 0.3) is 0 Å². The predicted octanol–water partition coefficient (Wildman–Crippen LogP) is 1.55. The SMILES string of the molecule is COc1ccc(C(=O)NC(C(=O)NNC(=O)COc2ccccc2C#N)C(C)C)cc1. The third-order valence-corrected chi connectivity index (χ3v) is 4.28. The molecule has 0 aliphatic rings. The number of para-hydroxylation sites is 1. The van der Waals surface area contributed by atoms with E-state index in [1.165, 1.54) is 7.11 Å². The molecule has 0 saturated heterocycles. The number of hydrogen-bond acceptors (Lipinski definition) is 6. The van der Waals surface area contributed by atoms with Gasteiger partial charge in [-0.1, -0.05) is 26.0 Å². The Morgan fingerprint density at radius 1 is 1.03 bits per heavy atom. The molecule has 3 amide bonds. The van der Waals surface area contributed by atoms with E-state index in [0.29, 0.717) is 16.9 Å². The van der Waals surface area contributed by atoms with Gasteiger partial charge in [0.25, 0.3) is 17.7 Å². The van der Waals surface area contributed by atoms with Gasteiger partial charge in [0, 0.05) is 5.56 Å². The third kappa shape index (κ3) is 6.75. The van der Waals surface area contributed by atoms with Crippen molar-refractivity contribution in [3.8, 4) is 17.6 Å². The van der Waals surface area contributed by atoms with Crippen LogP contribution in [0.1, 0.15) is 29.8 Å². The second-order valence-corrected chi connectivity index (χ2v) is 6.86. The van der Waals surface area contributed by atoms with Crippen LogP contribution in [0.4, 0.5) is 0 Å². The molecule has 1 unspecified atom stereocenters. The highest BCUT2D eigenvalue weighted by molar-refractivity contribution is 5.98. The molecular weight excluding hydrogens is 400 g/mol. The summed E-state index contributed by atoms with van der Waals surface area (Å²) in [6.45, 7) is 3.13. The first kappa shape index (κ1) is 23.2. The Kier molecular flexibility index (Phi) is 8.40. The van der Waals surface area contributed by atoms with Crippen LogP contribution in [0.2, 0.25) is 0 Å². The fourth-order valence-electron chi connectivity index (χ4n) is 2.58. The van der Waals surface area contributed by atoms with E-state index in [1.54, 1.807) is 62.4 Å². The minimum Gasteiger partial charge on any atom is -0.497 e. The molecule has 0 fully saturated rings. The van der Waals surface area contributed by atoms with Gasteiger partial charge in [0.2, 0.25) is 0 Å². The minimum atomic E-state index is -0.880. The zero-order valence-electron chi connectivity index (χ0n) is 17.5. The van der Waals surface area contributed by atoms with E-state index in [9.17, 15) is 14.4 Å². The van der Waals surface area contributed by atoms with Crippen molar-refractivity contribution >= 4 is 17.7 Å². The van der Waals surface area contributed by atoms with Crippen molar-refractivity contribution in [2.45, 2.75) is 19.9 Å². The second kappa shape index (κ2) is 11.2. The number of ether oxygens (including phenoxy) is 2. The lowest BCUT2D eigenvalue weighted by Crippen LogP contribution is -2.55. The Hall–Kier alpha value is -4.06. The maximum Gasteiger partial charge on any atom is 0.276 e. The van der Waals surface area contributed by atoms with Gasteiger partial charge in [0.15, 0.2) is 6.61 Å². The highest BCUT2D eigenvalue weighted by atomic mass is 16.5. The molecule has 0 bridgehead atoms. The standard InChI is InChI=1S/C22H24N4O5/c1-14(2)20(24-21(28)15-8-10-17(30-3)11-9-15)22(29)26-25-19(27)13-31-18-7-5-4-6-16(18)12-23/h4-11,14,20H,13H2,1-3H3,(H,24,28)(H,25,27)(H,26,29). The van der Waals surface area contributed by atoms with Crippen LogP contribution in [-0.4, -0.2) is 37.5 Å². The van der Waals surface area contributed by atoms with Crippen LogP contribution in [0.15, 0.2) is 48.5 Å². The third-order valence-electron chi connectivity index (χ3n) is 4.28. The molecule has 0 heterocycles. The Bertz CT molecular complexity index is 967. The largest absolute Gasteiger partial charge is 0.497 e. The minimum absolute atomic E-state index is 0.238. The van der Waals surface area contributed by atoms with E-state index < -0.39 is 30.4 Å². The lowest BCUT2D eigenvalue weighted by atomic mass is 10.0. The first-order chi connectivity index (χ1) is 14.8. The van der Waals surface area contributed by atoms with Gasteiger partial charge in [-0.15, -0.1) is 0 Å². The van der Waals surface area contributed by atoms with Gasteiger partial charge in [-0.2, -0.15) is 5.26 Å². The molecule has 31 heavy (non-hydrogen) atoms. The quantitative estimate of drug-likeness (QED) is 0.552. The molecule has 0 spiro atoms. The van der Waals surface area contributed by atoms with Crippen molar-refractivity contribution in [3.05, 3.63) is 59.7 Å². The monoisotopic (exact) mass is 424 g/mol. The molecule has 0 aliphatic heterocycles. The smallest absolute Gasteiger partial charge is 0.276 e. The highest BCUT2D eigenvalue weighted by Gasteiger charge is 2.25. The van der Waals surface area contributed by atoms with Crippen molar-refractivity contribution in [1.82, 2.24) is 16.2 Å². The Morgan fingerprint density at radius 3 is 2.32 bits per heavy atom. The van der Waals surface area contributed by atoms with Crippen LogP contribution in [0.5, 0.6) is 11.5 Å². The maximum atomic E-state index is 12.5. The van der Waals surface area contributed by atoms with Crippen LogP contribution < -0.4 is 25.6 Å². The number of nitrogens with zero attached hydrogens (tertiary/aromatic N) is 1. The van der Waals surface area contributed by atoms with Gasteiger partial charge in [-0.3, -0.25) is 25.2 Å². The first-order valence-electron chi connectivity index (χ1n) is 9.51. The molecule has 2 aromatic carbocycles. The number of carbonyl (C=O) groups excluding carboxylic acids is 3. The van der Waals surface area contributed by atoms with E-state index in [0.717, 1.165) is 0 Å². The van der Waals surface area contributed by atoms with Crippen LogP contribution >= 0.6 is 0 Å². The number of hydrogen-bond donors (Lipinski definition) is 3. The first-order valence-corrected chi connectivity index (χ1v) is 9.51. The zero-order chi connectivity index (χ0) is 22.8. The number of rotatable bonds is 8. The number of nitriles is 1. The summed E-state index contributed by atoms with van der Waals surface area (Å²) >= 11 is 0. The topological polar surface area (TPSA) is 130 Å². The van der Waals surface area contributed by atoms with E-state index in [-0.39, 0.29) is 11.7 Å². The van der Waals surface area contributed by atoms with Gasteiger partial charge < -0.3 is 14.8 Å². The normalized spacial score (nSPS) is 11.1. The van der Waals surface area contributed by atoms with Crippen LogP contribution in [0, 0.1) is 17.2 Å². The molecule has 9 nitrogen and oxygen atoms in total. The van der Waals surface area contributed by atoms with Gasteiger partial charge in [0.1, 0.15) is 23.6 Å². The molecule has 162 valence electrons. The zero-order valence-corrected chi connectivity index (χ0v) is 17.5. The average molecular weight is 424 g/mol. The second-order valence-electron chi connectivity index (χ2n) is 6.86. The molecule has 0 aliphatic carbocycles. The average Bonchev–Trinajstić information content (AvgIpc) is 2.79. The number of benzene rings is 2. The fourth-order valence-corrected chi connectivity index (χ4v) is 2.58. The van der Waals surface area contributed by atoms with E-state index in [1.807, 2.05) is 6.07 Å². The lowest BCUT2D eigenvalue weighted by molar-refractivity contribution is -0.131. The van der Waals surface area contributed by atoms with Crippen LogP contribution in [-0.2, 0) is 9.59 Å². The summed E-state index contributed by atoms with van der Waals surface area (Å²) in [6.07, 6.45) is 0. The summed E-state index contributed by atoms with van der Waals surface area (Å²) in [5, 5.41) is 11.7. The van der Waals surface area contributed by atoms with E-state index in [2.05, 4.69) is 16.2 Å². The molecule has 2 aromatic rings. The summed E-state index contributed by atoms with van der Waals surface area (Å²) < 4.78 is 10.4. The molecule has 9 heteroatoms. The van der Waals surface area contributed by atoms with Crippen LogP contribution in [0.3, 0.4) is 0 Å². The number of hydrazine groups is 1. The molecule has 3 N–H and O–H groups in total. The van der Waals surface area contributed by atoms with Gasteiger partial charge in [-0.05, 0) is 42.3 Å². The predicted molar refractivity (Wildman–Crippen MR) is 112 cm³/mol. The fraction of sp³-hybridized carbons (Fsp3) is 0.273. The summed E-state index contributed by atoms with van der Waals surface area (Å²) in [5.74, 6) is -1.000. The maximum absolute atomic E-state index is 12.5. The van der Waals surface area contributed by atoms with Crippen molar-refractivity contribution in [1.29, 1.82) is 5.26 Å². The molecule has 0 radical (unpaired) electrons. The summed E-state index contributed by atoms with van der Waals surface area (Å²) in [4.78, 5) is 36.9. The molecule has 0 aromatic heterocycles. The van der Waals surface area contributed by atoms with Crippen molar-refractivity contribution in [2.24, 2.45) is 5.92 Å². The number of methoxy groups -OCH3 is 1.